The van der Waals surface area contributed by atoms with Crippen LogP contribution in [0.25, 0.3) is 22.3 Å². The molecule has 1 N–H and O–H groups in total. The van der Waals surface area contributed by atoms with Crippen LogP contribution in [0.3, 0.4) is 0 Å². The third kappa shape index (κ3) is 3.97. The van der Waals surface area contributed by atoms with Crippen molar-refractivity contribution in [3.8, 4) is 11.4 Å². The molecule has 0 radical (unpaired) electrons. The first-order valence-electron chi connectivity index (χ1n) is 10.1. The van der Waals surface area contributed by atoms with E-state index in [4.69, 9.17) is 28.2 Å². The van der Waals surface area contributed by atoms with Crippen molar-refractivity contribution in [3.05, 3.63) is 91.4 Å². The maximum absolute atomic E-state index is 12.8. The zero-order valence-electron chi connectivity index (χ0n) is 17.0. The second-order valence-corrected chi connectivity index (χ2v) is 8.69. The van der Waals surface area contributed by atoms with Gasteiger partial charge in [-0.15, -0.1) is 0 Å². The van der Waals surface area contributed by atoms with Crippen molar-refractivity contribution < 1.29 is 0 Å². The Morgan fingerprint density at radius 1 is 1.10 bits per heavy atom. The van der Waals surface area contributed by atoms with Gasteiger partial charge in [-0.3, -0.25) is 9.69 Å². The number of hydrogen-bond donors (Lipinski definition) is 1. The van der Waals surface area contributed by atoms with Gasteiger partial charge in [-0.05, 0) is 42.8 Å². The molecule has 2 aromatic heterocycles. The maximum Gasteiger partial charge on any atom is 0.255 e. The fraction of sp³-hybridized carbons (Fsp3) is 0.208. The number of aromatic nitrogens is 3. The van der Waals surface area contributed by atoms with E-state index in [0.717, 1.165) is 39.8 Å². The zero-order chi connectivity index (χ0) is 21.5. The Balaban J connectivity index is 1.41. The molecule has 7 heteroatoms. The second-order valence-electron chi connectivity index (χ2n) is 7.89. The Morgan fingerprint density at radius 3 is 2.71 bits per heavy atom. The van der Waals surface area contributed by atoms with Crippen LogP contribution in [0.15, 0.2) is 53.3 Å². The summed E-state index contributed by atoms with van der Waals surface area (Å²) in [6.07, 6.45) is 0.706. The fourth-order valence-corrected chi connectivity index (χ4v) is 4.41. The molecule has 5 nitrogen and oxygen atoms in total. The number of pyridine rings is 1. The maximum atomic E-state index is 12.8. The summed E-state index contributed by atoms with van der Waals surface area (Å²) < 4.78 is 0. The lowest BCUT2D eigenvalue weighted by molar-refractivity contribution is 0.242. The summed E-state index contributed by atoms with van der Waals surface area (Å²) in [6, 6.07) is 15.5. The van der Waals surface area contributed by atoms with Crippen molar-refractivity contribution in [2.24, 2.45) is 0 Å². The number of benzene rings is 2. The Bertz CT molecular complexity index is 1350. The molecule has 0 unspecified atom stereocenters. The summed E-state index contributed by atoms with van der Waals surface area (Å²) in [5.74, 6) is 0.575. The van der Waals surface area contributed by atoms with Gasteiger partial charge in [0, 0.05) is 47.6 Å². The Labute approximate surface area is 189 Å². The number of aromatic amines is 1. The van der Waals surface area contributed by atoms with E-state index in [9.17, 15) is 4.79 Å². The van der Waals surface area contributed by atoms with E-state index in [1.54, 1.807) is 12.1 Å². The monoisotopic (exact) mass is 450 g/mol. The third-order valence-electron chi connectivity index (χ3n) is 5.73. The van der Waals surface area contributed by atoms with Crippen LogP contribution in [0.5, 0.6) is 0 Å². The quantitative estimate of drug-likeness (QED) is 0.437. The highest BCUT2D eigenvalue weighted by Crippen LogP contribution is 2.26. The largest absolute Gasteiger partial charge is 0.306 e. The average Bonchev–Trinajstić information content (AvgIpc) is 2.76. The molecule has 0 fully saturated rings. The molecule has 0 spiro atoms. The predicted molar refractivity (Wildman–Crippen MR) is 125 cm³/mol. The van der Waals surface area contributed by atoms with Crippen LogP contribution in [0.1, 0.15) is 22.4 Å². The average molecular weight is 451 g/mol. The van der Waals surface area contributed by atoms with Crippen LogP contribution in [-0.4, -0.2) is 26.4 Å². The van der Waals surface area contributed by atoms with Crippen molar-refractivity contribution in [3.63, 3.8) is 0 Å². The minimum Gasteiger partial charge on any atom is -0.306 e. The molecule has 1 aliphatic heterocycles. The van der Waals surface area contributed by atoms with E-state index in [2.05, 4.69) is 20.9 Å². The van der Waals surface area contributed by atoms with Crippen LogP contribution >= 0.6 is 23.2 Å². The fourth-order valence-electron chi connectivity index (χ4n) is 4.08. The lowest BCUT2D eigenvalue weighted by atomic mass is 10.0. The summed E-state index contributed by atoms with van der Waals surface area (Å²) in [7, 11) is 0. The van der Waals surface area contributed by atoms with E-state index >= 15 is 0 Å². The molecule has 31 heavy (non-hydrogen) atoms. The van der Waals surface area contributed by atoms with Crippen molar-refractivity contribution in [1.29, 1.82) is 0 Å². The molecule has 0 atom stereocenters. The number of rotatable bonds is 3. The van der Waals surface area contributed by atoms with Gasteiger partial charge in [-0.2, -0.15) is 0 Å². The molecular weight excluding hydrogens is 431 g/mol. The summed E-state index contributed by atoms with van der Waals surface area (Å²) in [5, 5.41) is 2.23. The molecule has 2 aromatic carbocycles. The summed E-state index contributed by atoms with van der Waals surface area (Å²) >= 11 is 12.5. The van der Waals surface area contributed by atoms with Crippen molar-refractivity contribution in [2.45, 2.75) is 26.4 Å². The van der Waals surface area contributed by atoms with Crippen molar-refractivity contribution in [2.75, 3.05) is 6.54 Å². The minimum atomic E-state index is -0.0991. The summed E-state index contributed by atoms with van der Waals surface area (Å²) in [6.45, 7) is 3.99. The molecule has 156 valence electrons. The normalized spacial score (nSPS) is 14.0. The van der Waals surface area contributed by atoms with Gasteiger partial charge in [0.25, 0.3) is 5.56 Å². The molecule has 0 amide bonds. The summed E-state index contributed by atoms with van der Waals surface area (Å²) in [5.41, 5.74) is 5.30. The van der Waals surface area contributed by atoms with Gasteiger partial charge in [0.05, 0.1) is 16.8 Å². The smallest absolute Gasteiger partial charge is 0.255 e. The SMILES string of the molecule is Cc1cccc2cc(CN3CCc4nc(-c5ccc(Cl)cc5)[nH]c(=O)c4C3)c(Cl)nc12. The van der Waals surface area contributed by atoms with E-state index in [1.807, 2.05) is 37.3 Å². The van der Waals surface area contributed by atoms with Gasteiger partial charge in [-0.1, -0.05) is 41.4 Å². The Hall–Kier alpha value is -2.73. The van der Waals surface area contributed by atoms with Crippen LogP contribution in [0.2, 0.25) is 10.2 Å². The molecule has 5 rings (SSSR count). The highest BCUT2D eigenvalue weighted by atomic mass is 35.5. The highest BCUT2D eigenvalue weighted by molar-refractivity contribution is 6.31. The molecule has 0 saturated carbocycles. The van der Waals surface area contributed by atoms with Crippen LogP contribution in [0, 0.1) is 6.92 Å². The molecule has 1 aliphatic rings. The van der Waals surface area contributed by atoms with Gasteiger partial charge in [-0.25, -0.2) is 9.97 Å². The van der Waals surface area contributed by atoms with Gasteiger partial charge in [0.15, 0.2) is 0 Å². The van der Waals surface area contributed by atoms with Crippen LogP contribution < -0.4 is 5.56 Å². The van der Waals surface area contributed by atoms with Crippen LogP contribution in [0.4, 0.5) is 0 Å². The van der Waals surface area contributed by atoms with E-state index in [-0.39, 0.29) is 5.56 Å². The second kappa shape index (κ2) is 8.08. The van der Waals surface area contributed by atoms with E-state index in [0.29, 0.717) is 41.1 Å². The van der Waals surface area contributed by atoms with Gasteiger partial charge >= 0.3 is 0 Å². The number of nitrogens with zero attached hydrogens (tertiary/aromatic N) is 3. The van der Waals surface area contributed by atoms with Crippen molar-refractivity contribution >= 4 is 34.1 Å². The zero-order valence-corrected chi connectivity index (χ0v) is 18.5. The van der Waals surface area contributed by atoms with Gasteiger partial charge < -0.3 is 4.98 Å². The van der Waals surface area contributed by atoms with E-state index in [1.165, 1.54) is 0 Å². The first kappa shape index (κ1) is 20.2. The molecular formula is C24H20Cl2N4O. The first-order valence-corrected chi connectivity index (χ1v) is 10.9. The van der Waals surface area contributed by atoms with Gasteiger partial charge in [0.1, 0.15) is 11.0 Å². The number of aryl methyl sites for hydroxylation is 1. The van der Waals surface area contributed by atoms with Crippen molar-refractivity contribution in [1.82, 2.24) is 19.9 Å². The number of hydrogen-bond acceptors (Lipinski definition) is 4. The molecule has 4 aromatic rings. The first-order chi connectivity index (χ1) is 15.0. The topological polar surface area (TPSA) is 61.9 Å². The number of fused-ring (bicyclic) bond motifs is 2. The third-order valence-corrected chi connectivity index (χ3v) is 6.31. The highest BCUT2D eigenvalue weighted by Gasteiger charge is 2.22. The molecule has 0 saturated heterocycles. The standard InChI is InChI=1S/C24H20Cl2N4O/c1-14-3-2-4-16-11-17(22(26)28-21(14)16)12-30-10-9-20-19(13-30)24(31)29-23(27-20)15-5-7-18(25)8-6-15/h2-8,11H,9-10,12-13H2,1H3,(H,27,29,31). The number of para-hydroxylation sites is 1. The number of halogens is 2. The Morgan fingerprint density at radius 2 is 1.90 bits per heavy atom. The van der Waals surface area contributed by atoms with Gasteiger partial charge in [0.2, 0.25) is 0 Å². The Kier molecular flexibility index (Phi) is 5.26. The molecule has 3 heterocycles. The lowest BCUT2D eigenvalue weighted by Gasteiger charge is -2.28. The summed E-state index contributed by atoms with van der Waals surface area (Å²) in [4.78, 5) is 27.3. The lowest BCUT2D eigenvalue weighted by Crippen LogP contribution is -2.35. The predicted octanol–water partition coefficient (Wildman–Crippen LogP) is 5.16. The number of nitrogens with one attached hydrogen (secondary N) is 1. The van der Waals surface area contributed by atoms with Crippen LogP contribution in [-0.2, 0) is 19.5 Å². The van der Waals surface area contributed by atoms with E-state index < -0.39 is 0 Å². The minimum absolute atomic E-state index is 0.0991. The molecule has 0 bridgehead atoms. The number of H-pyrrole nitrogens is 1. The molecule has 0 aliphatic carbocycles.